The zero-order valence-corrected chi connectivity index (χ0v) is 6.88. The summed E-state index contributed by atoms with van der Waals surface area (Å²) >= 11 is 0. The Labute approximate surface area is 70.1 Å². The molecule has 0 atom stereocenters. The zero-order valence-electron chi connectivity index (χ0n) is 6.06. The summed E-state index contributed by atoms with van der Waals surface area (Å²) in [5, 5.41) is 0. The third-order valence-electron chi connectivity index (χ3n) is 1.20. The molecule has 0 radical (unpaired) electrons. The molecule has 0 saturated heterocycles. The lowest BCUT2D eigenvalue weighted by atomic mass is 10.3. The number of rotatable bonds is 2. The molecule has 4 N–H and O–H groups in total. The Balaban J connectivity index is 2.98. The molecule has 0 spiro atoms. The van der Waals surface area contributed by atoms with E-state index in [1.807, 2.05) is 4.72 Å². The van der Waals surface area contributed by atoms with Gasteiger partial charge < -0.3 is 5.73 Å². The van der Waals surface area contributed by atoms with Crippen molar-refractivity contribution < 1.29 is 13.0 Å². The van der Waals surface area contributed by atoms with E-state index in [0.717, 1.165) is 0 Å². The van der Waals surface area contributed by atoms with Gasteiger partial charge in [-0.05, 0) is 12.1 Å². The van der Waals surface area contributed by atoms with Gasteiger partial charge in [-0.1, -0.05) is 12.1 Å². The van der Waals surface area contributed by atoms with Crippen molar-refractivity contribution in [3.63, 3.8) is 0 Å². The fourth-order valence-electron chi connectivity index (χ4n) is 0.729. The highest BCUT2D eigenvalue weighted by Gasteiger charge is 2.05. The molecule has 0 amide bonds. The van der Waals surface area contributed by atoms with Gasteiger partial charge in [0, 0.05) is 0 Å². The number of nitrogens with two attached hydrogens (primary N) is 1. The molecule has 0 unspecified atom stereocenters. The Morgan fingerprint density at radius 2 is 1.92 bits per heavy atom. The third-order valence-corrected chi connectivity index (χ3v) is 1.68. The Morgan fingerprint density at radius 3 is 2.42 bits per heavy atom. The summed E-state index contributed by atoms with van der Waals surface area (Å²) in [6.07, 6.45) is 0. The van der Waals surface area contributed by atoms with E-state index in [-0.39, 0.29) is 11.4 Å². The Kier molecular flexibility index (Phi) is 2.20. The maximum absolute atomic E-state index is 10.3. The van der Waals surface area contributed by atoms with Crippen LogP contribution in [0.4, 0.5) is 11.4 Å². The first-order valence-corrected chi connectivity index (χ1v) is 4.53. The Morgan fingerprint density at radius 1 is 1.33 bits per heavy atom. The van der Waals surface area contributed by atoms with Gasteiger partial charge in [0.25, 0.3) is 0 Å². The second kappa shape index (κ2) is 3.00. The van der Waals surface area contributed by atoms with Crippen molar-refractivity contribution in [3.8, 4) is 0 Å². The van der Waals surface area contributed by atoms with Gasteiger partial charge in [-0.15, -0.1) is 0 Å². The van der Waals surface area contributed by atoms with Gasteiger partial charge >= 0.3 is 10.3 Å². The van der Waals surface area contributed by atoms with Gasteiger partial charge in [0.15, 0.2) is 0 Å². The predicted octanol–water partition coefficient (Wildman–Crippen LogP) is 0.484. The number of nitrogen functional groups attached to an aromatic ring is 1. The number of anilines is 2. The van der Waals surface area contributed by atoms with Crippen LogP contribution in [0, 0.1) is 0 Å². The molecule has 1 aromatic rings. The van der Waals surface area contributed by atoms with Crippen LogP contribution in [-0.4, -0.2) is 13.0 Å². The SMILES string of the molecule is Nc1ccccc1NS(=O)(=O)O. The van der Waals surface area contributed by atoms with Crippen LogP contribution in [0.1, 0.15) is 0 Å². The molecule has 1 aromatic carbocycles. The van der Waals surface area contributed by atoms with Gasteiger partial charge in [0.2, 0.25) is 0 Å². The van der Waals surface area contributed by atoms with E-state index in [9.17, 15) is 8.42 Å². The van der Waals surface area contributed by atoms with Crippen LogP contribution in [0.15, 0.2) is 24.3 Å². The molecule has 0 saturated carbocycles. The first kappa shape index (κ1) is 8.82. The molecule has 0 fully saturated rings. The summed E-state index contributed by atoms with van der Waals surface area (Å²) in [6.45, 7) is 0. The average Bonchev–Trinajstić information content (AvgIpc) is 1.91. The van der Waals surface area contributed by atoms with Crippen molar-refractivity contribution in [1.29, 1.82) is 0 Å². The van der Waals surface area contributed by atoms with Crippen molar-refractivity contribution >= 4 is 21.7 Å². The molecular formula is C6H8N2O3S. The second-order valence-corrected chi connectivity index (χ2v) is 3.32. The van der Waals surface area contributed by atoms with Crippen LogP contribution < -0.4 is 10.5 Å². The van der Waals surface area contributed by atoms with Crippen LogP contribution in [0.2, 0.25) is 0 Å². The summed E-state index contributed by atoms with van der Waals surface area (Å²) in [6, 6.07) is 6.23. The molecule has 0 aliphatic heterocycles. The molecule has 5 nitrogen and oxygen atoms in total. The summed E-state index contributed by atoms with van der Waals surface area (Å²) in [7, 11) is -4.23. The van der Waals surface area contributed by atoms with Crippen molar-refractivity contribution in [1.82, 2.24) is 0 Å². The molecule has 0 aliphatic carbocycles. The van der Waals surface area contributed by atoms with Crippen LogP contribution in [0.3, 0.4) is 0 Å². The third kappa shape index (κ3) is 2.40. The van der Waals surface area contributed by atoms with E-state index in [4.69, 9.17) is 10.3 Å². The highest BCUT2D eigenvalue weighted by atomic mass is 32.2. The second-order valence-electron chi connectivity index (χ2n) is 2.16. The smallest absolute Gasteiger partial charge is 0.357 e. The van der Waals surface area contributed by atoms with Gasteiger partial charge in [-0.3, -0.25) is 9.27 Å². The lowest BCUT2D eigenvalue weighted by Gasteiger charge is -2.04. The molecule has 12 heavy (non-hydrogen) atoms. The van der Waals surface area contributed by atoms with Crippen LogP contribution >= 0.6 is 0 Å². The standard InChI is InChI=1S/C6H8N2O3S/c7-5-3-1-2-4-6(5)8-12(9,10)11/h1-4,8H,7H2,(H,9,10,11). The van der Waals surface area contributed by atoms with Crippen LogP contribution in [-0.2, 0) is 10.3 Å². The molecule has 66 valence electrons. The van der Waals surface area contributed by atoms with Crippen LogP contribution in [0.25, 0.3) is 0 Å². The number of para-hydroxylation sites is 2. The molecule has 0 bridgehead atoms. The maximum atomic E-state index is 10.3. The summed E-state index contributed by atoms with van der Waals surface area (Å²) in [4.78, 5) is 0. The summed E-state index contributed by atoms with van der Waals surface area (Å²) < 4.78 is 30.9. The lowest BCUT2D eigenvalue weighted by molar-refractivity contribution is 0.490. The minimum atomic E-state index is -4.23. The molecular weight excluding hydrogens is 180 g/mol. The fraction of sp³-hybridized carbons (Fsp3) is 0. The zero-order chi connectivity index (χ0) is 9.19. The van der Waals surface area contributed by atoms with Gasteiger partial charge in [0.1, 0.15) is 0 Å². The largest absolute Gasteiger partial charge is 0.397 e. The number of benzene rings is 1. The summed E-state index contributed by atoms with van der Waals surface area (Å²) in [5.74, 6) is 0. The highest BCUT2D eigenvalue weighted by Crippen LogP contribution is 2.17. The fourth-order valence-corrected chi connectivity index (χ4v) is 1.19. The minimum Gasteiger partial charge on any atom is -0.397 e. The normalized spacial score (nSPS) is 11.1. The topological polar surface area (TPSA) is 92.4 Å². The van der Waals surface area contributed by atoms with E-state index in [0.29, 0.717) is 0 Å². The monoisotopic (exact) mass is 188 g/mol. The molecule has 1 rings (SSSR count). The van der Waals surface area contributed by atoms with E-state index in [1.165, 1.54) is 12.1 Å². The van der Waals surface area contributed by atoms with E-state index in [2.05, 4.69) is 0 Å². The lowest BCUT2D eigenvalue weighted by Crippen LogP contribution is -2.11. The average molecular weight is 188 g/mol. The quantitative estimate of drug-likeness (QED) is 0.465. The van der Waals surface area contributed by atoms with E-state index < -0.39 is 10.3 Å². The minimum absolute atomic E-state index is 0.167. The van der Waals surface area contributed by atoms with Gasteiger partial charge in [0.05, 0.1) is 11.4 Å². The van der Waals surface area contributed by atoms with Crippen molar-refractivity contribution in [2.45, 2.75) is 0 Å². The van der Waals surface area contributed by atoms with Crippen molar-refractivity contribution in [2.75, 3.05) is 10.5 Å². The first-order valence-electron chi connectivity index (χ1n) is 3.09. The summed E-state index contributed by atoms with van der Waals surface area (Å²) in [5.41, 5.74) is 5.82. The number of hydrogen-bond donors (Lipinski definition) is 3. The van der Waals surface area contributed by atoms with Crippen LogP contribution in [0.5, 0.6) is 0 Å². The van der Waals surface area contributed by atoms with E-state index >= 15 is 0 Å². The Bertz CT molecular complexity index is 374. The number of hydrogen-bond acceptors (Lipinski definition) is 3. The Hall–Kier alpha value is -1.27. The maximum Gasteiger partial charge on any atom is 0.357 e. The van der Waals surface area contributed by atoms with Gasteiger partial charge in [-0.2, -0.15) is 8.42 Å². The molecule has 0 aromatic heterocycles. The molecule has 0 heterocycles. The highest BCUT2D eigenvalue weighted by molar-refractivity contribution is 7.87. The number of nitrogens with one attached hydrogen (secondary N) is 1. The molecule has 0 aliphatic rings. The predicted molar refractivity (Wildman–Crippen MR) is 46.0 cm³/mol. The van der Waals surface area contributed by atoms with E-state index in [1.54, 1.807) is 12.1 Å². The first-order chi connectivity index (χ1) is 5.49. The van der Waals surface area contributed by atoms with Crippen molar-refractivity contribution in [3.05, 3.63) is 24.3 Å². The van der Waals surface area contributed by atoms with Crippen molar-refractivity contribution in [2.24, 2.45) is 0 Å². The van der Waals surface area contributed by atoms with Gasteiger partial charge in [-0.25, -0.2) is 0 Å². The molecule has 6 heteroatoms.